The Bertz CT molecular complexity index is 711. The maximum atomic E-state index is 13.4. The van der Waals surface area contributed by atoms with Crippen molar-refractivity contribution in [3.63, 3.8) is 0 Å². The molecule has 5 nitrogen and oxygen atoms in total. The molecule has 0 aliphatic heterocycles. The minimum Gasteiger partial charge on any atom is -0.438 e. The third-order valence-electron chi connectivity index (χ3n) is 6.44. The van der Waals surface area contributed by atoms with Crippen molar-refractivity contribution in [3.8, 4) is 0 Å². The summed E-state index contributed by atoms with van der Waals surface area (Å²) in [6, 6.07) is 0. The first kappa shape index (κ1) is 21.7. The molecule has 12 heteroatoms. The summed E-state index contributed by atoms with van der Waals surface area (Å²) in [6.45, 7) is 0. The monoisotopic (exact) mass is 438 g/mol. The number of esters is 1. The highest BCUT2D eigenvalue weighted by Gasteiger charge is 2.76. The van der Waals surface area contributed by atoms with Gasteiger partial charge >= 0.3 is 23.9 Å². The second kappa shape index (κ2) is 6.75. The molecule has 3 aliphatic carbocycles. The number of hydrogen-bond donors (Lipinski definition) is 1. The summed E-state index contributed by atoms with van der Waals surface area (Å²) in [5.41, 5.74) is -5.31. The van der Waals surface area contributed by atoms with Crippen LogP contribution in [0.15, 0.2) is 0 Å². The van der Waals surface area contributed by atoms with Crippen molar-refractivity contribution in [2.75, 3.05) is 5.75 Å². The summed E-state index contributed by atoms with van der Waals surface area (Å²) in [6.07, 6.45) is -8.78. The number of rotatable bonds is 4. The molecule has 0 saturated heterocycles. The topological polar surface area (TPSA) is 80.7 Å². The first-order chi connectivity index (χ1) is 12.6. The second-order valence-electron chi connectivity index (χ2n) is 8.25. The van der Waals surface area contributed by atoms with Gasteiger partial charge in [0, 0.05) is 0 Å². The lowest BCUT2D eigenvalue weighted by Crippen LogP contribution is -2.64. The van der Waals surface area contributed by atoms with E-state index in [1.807, 2.05) is 0 Å². The zero-order valence-electron chi connectivity index (χ0n) is 14.6. The Kier molecular flexibility index (Phi) is 5.22. The molecular formula is C16H20F6O5S. The summed E-state index contributed by atoms with van der Waals surface area (Å²) in [5.74, 6) is -5.48. The number of halogens is 6. The highest BCUT2D eigenvalue weighted by atomic mass is 32.2. The molecule has 0 amide bonds. The molecule has 0 radical (unpaired) electrons. The maximum Gasteiger partial charge on any atom is 0.438 e. The van der Waals surface area contributed by atoms with Crippen molar-refractivity contribution < 1.29 is 48.8 Å². The molecule has 0 aromatic heterocycles. The van der Waals surface area contributed by atoms with E-state index in [4.69, 9.17) is 4.55 Å². The number of hydrogen-bond acceptors (Lipinski definition) is 4. The van der Waals surface area contributed by atoms with Crippen LogP contribution in [0.25, 0.3) is 0 Å². The summed E-state index contributed by atoms with van der Waals surface area (Å²) >= 11 is 0. The summed E-state index contributed by atoms with van der Waals surface area (Å²) in [7, 11) is -5.77. The first-order valence-electron chi connectivity index (χ1n) is 8.94. The van der Waals surface area contributed by atoms with Crippen LogP contribution in [-0.4, -0.2) is 42.6 Å². The Morgan fingerprint density at radius 3 is 2.04 bits per heavy atom. The average Bonchev–Trinajstić information content (AvgIpc) is 2.48. The van der Waals surface area contributed by atoms with Crippen LogP contribution in [-0.2, 0) is 19.6 Å². The maximum absolute atomic E-state index is 13.4. The highest BCUT2D eigenvalue weighted by molar-refractivity contribution is 7.85. The lowest BCUT2D eigenvalue weighted by Gasteiger charge is -2.51. The quantitative estimate of drug-likeness (QED) is 0.411. The largest absolute Gasteiger partial charge is 0.438 e. The Morgan fingerprint density at radius 2 is 1.50 bits per heavy atom. The Hall–Kier alpha value is -1.04. The lowest BCUT2D eigenvalue weighted by molar-refractivity contribution is -0.362. The lowest BCUT2D eigenvalue weighted by atomic mass is 9.54. The molecule has 28 heavy (non-hydrogen) atoms. The van der Waals surface area contributed by atoms with Gasteiger partial charge in [0.2, 0.25) is 0 Å². The van der Waals surface area contributed by atoms with E-state index >= 15 is 0 Å². The van der Waals surface area contributed by atoms with E-state index in [0.29, 0.717) is 12.3 Å². The van der Waals surface area contributed by atoms with E-state index < -0.39 is 45.7 Å². The molecule has 0 spiro atoms. The molecule has 0 heterocycles. The van der Waals surface area contributed by atoms with Gasteiger partial charge < -0.3 is 4.74 Å². The molecule has 5 atom stereocenters. The van der Waals surface area contributed by atoms with E-state index in [0.717, 1.165) is 25.7 Å². The van der Waals surface area contributed by atoms with Crippen LogP contribution in [0, 0.1) is 29.6 Å². The van der Waals surface area contributed by atoms with Crippen LogP contribution in [0.2, 0.25) is 0 Å². The zero-order valence-corrected chi connectivity index (χ0v) is 15.4. The molecule has 3 saturated carbocycles. The normalized spacial score (nSPS) is 33.6. The summed E-state index contributed by atoms with van der Waals surface area (Å²) in [4.78, 5) is 12.5. The third-order valence-corrected chi connectivity index (χ3v) is 7.21. The SMILES string of the molecule is O=C(OC(CS(=O)(=O)O)(C(F)(F)F)C(F)(F)F)C1CC2CC3CCC1C(C3)C2. The fourth-order valence-electron chi connectivity index (χ4n) is 5.37. The van der Waals surface area contributed by atoms with Crippen molar-refractivity contribution >= 4 is 16.1 Å². The molecule has 0 aromatic rings. The Labute approximate surface area is 157 Å². The van der Waals surface area contributed by atoms with Gasteiger partial charge in [-0.25, -0.2) is 0 Å². The number of fused-ring (bicyclic) bond motifs is 2. The van der Waals surface area contributed by atoms with Gasteiger partial charge in [0.25, 0.3) is 10.1 Å². The molecule has 3 bridgehead atoms. The minimum atomic E-state index is -6.28. The molecule has 3 rings (SSSR count). The van der Waals surface area contributed by atoms with Gasteiger partial charge in [-0.05, 0) is 55.8 Å². The van der Waals surface area contributed by atoms with Crippen molar-refractivity contribution in [2.24, 2.45) is 29.6 Å². The van der Waals surface area contributed by atoms with Gasteiger partial charge in [0.05, 0.1) is 5.92 Å². The minimum absolute atomic E-state index is 0.0330. The smallest absolute Gasteiger partial charge is 0.438 e. The van der Waals surface area contributed by atoms with Crippen molar-refractivity contribution in [1.82, 2.24) is 0 Å². The van der Waals surface area contributed by atoms with Gasteiger partial charge in [0.1, 0.15) is 5.75 Å². The van der Waals surface area contributed by atoms with Gasteiger partial charge in [-0.1, -0.05) is 6.42 Å². The van der Waals surface area contributed by atoms with Crippen molar-refractivity contribution in [2.45, 2.75) is 56.5 Å². The van der Waals surface area contributed by atoms with E-state index in [1.54, 1.807) is 0 Å². The number of carbonyl (C=O) groups is 1. The van der Waals surface area contributed by atoms with Crippen molar-refractivity contribution in [1.29, 1.82) is 0 Å². The summed E-state index contributed by atoms with van der Waals surface area (Å²) in [5, 5.41) is 0. The van der Waals surface area contributed by atoms with Crippen LogP contribution in [0.5, 0.6) is 0 Å². The molecule has 162 valence electrons. The molecule has 1 N–H and O–H groups in total. The second-order valence-corrected chi connectivity index (χ2v) is 9.71. The Morgan fingerprint density at radius 1 is 0.929 bits per heavy atom. The van der Waals surface area contributed by atoms with Gasteiger partial charge in [-0.15, -0.1) is 0 Å². The Balaban J connectivity index is 1.93. The molecule has 0 aromatic carbocycles. The number of ether oxygens (including phenoxy) is 1. The summed E-state index contributed by atoms with van der Waals surface area (Å²) < 4.78 is 115. The number of carbonyl (C=O) groups excluding carboxylic acids is 1. The number of alkyl halides is 6. The average molecular weight is 438 g/mol. The van der Waals surface area contributed by atoms with Crippen molar-refractivity contribution in [3.05, 3.63) is 0 Å². The molecule has 3 fully saturated rings. The fourth-order valence-corrected chi connectivity index (χ4v) is 6.27. The van der Waals surface area contributed by atoms with Crippen LogP contribution in [0.1, 0.15) is 38.5 Å². The van der Waals surface area contributed by atoms with E-state index in [2.05, 4.69) is 4.74 Å². The standard InChI is InChI=1S/C16H20F6O5S/c17-15(18,19)14(16(20,21)22,7-28(24,25)26)27-13(23)12-6-9-3-8-1-2-11(12)10(4-8)5-9/h8-12H,1-7H2,(H,24,25,26). The predicted octanol–water partition coefficient (Wildman–Crippen LogP) is 3.74. The van der Waals surface area contributed by atoms with Crippen LogP contribution >= 0.6 is 0 Å². The van der Waals surface area contributed by atoms with E-state index in [1.165, 1.54) is 0 Å². The predicted molar refractivity (Wildman–Crippen MR) is 82.5 cm³/mol. The molecular weight excluding hydrogens is 418 g/mol. The van der Waals surface area contributed by atoms with Crippen LogP contribution < -0.4 is 0 Å². The molecule has 3 aliphatic rings. The van der Waals surface area contributed by atoms with E-state index in [9.17, 15) is 39.6 Å². The first-order valence-corrected chi connectivity index (χ1v) is 10.6. The third kappa shape index (κ3) is 3.86. The van der Waals surface area contributed by atoms with Crippen LogP contribution in [0.3, 0.4) is 0 Å². The molecule has 5 unspecified atom stereocenters. The van der Waals surface area contributed by atoms with E-state index in [-0.39, 0.29) is 24.2 Å². The van der Waals surface area contributed by atoms with Gasteiger partial charge in [-0.3, -0.25) is 9.35 Å². The van der Waals surface area contributed by atoms with Crippen LogP contribution in [0.4, 0.5) is 26.3 Å². The van der Waals surface area contributed by atoms with Gasteiger partial charge in [-0.2, -0.15) is 34.8 Å². The fraction of sp³-hybridized carbons (Fsp3) is 0.938. The van der Waals surface area contributed by atoms with Gasteiger partial charge in [0.15, 0.2) is 0 Å². The highest BCUT2D eigenvalue weighted by Crippen LogP contribution is 2.56. The zero-order chi connectivity index (χ0) is 21.1.